The van der Waals surface area contributed by atoms with E-state index in [9.17, 15) is 0 Å². The zero-order valence-corrected chi connectivity index (χ0v) is 10.7. The van der Waals surface area contributed by atoms with Crippen LogP contribution in [-0.4, -0.2) is 18.6 Å². The summed E-state index contributed by atoms with van der Waals surface area (Å²) in [5.41, 5.74) is 1.14. The minimum absolute atomic E-state index is 0.723. The summed E-state index contributed by atoms with van der Waals surface area (Å²) in [7, 11) is 1.65. The molecule has 4 heteroatoms. The summed E-state index contributed by atoms with van der Waals surface area (Å²) < 4.78 is 6.39. The zero-order chi connectivity index (χ0) is 10.4. The molecule has 14 heavy (non-hydrogen) atoms. The summed E-state index contributed by atoms with van der Waals surface area (Å²) in [6, 6.07) is 1.99. The monoisotopic (exact) mass is 306 g/mol. The van der Waals surface area contributed by atoms with Crippen LogP contribution in [0.3, 0.4) is 0 Å². The molecule has 0 aromatic carbocycles. The quantitative estimate of drug-likeness (QED) is 0.669. The van der Waals surface area contributed by atoms with Gasteiger partial charge in [0.25, 0.3) is 0 Å². The first-order valence-corrected chi connectivity index (χ1v) is 5.75. The standard InChI is InChI=1S/C10H15IN2O/c1-3-5-12-7-8-9(11)4-6-13-10(8)14-2/h4,6,12H,3,5,7H2,1-2H3. The van der Waals surface area contributed by atoms with E-state index in [1.807, 2.05) is 6.07 Å². The Hall–Kier alpha value is -0.360. The number of nitrogens with one attached hydrogen (secondary N) is 1. The molecule has 1 heterocycles. The van der Waals surface area contributed by atoms with Gasteiger partial charge in [-0.2, -0.15) is 0 Å². The molecule has 1 N–H and O–H groups in total. The highest BCUT2D eigenvalue weighted by Gasteiger charge is 2.07. The molecular formula is C10H15IN2O. The maximum Gasteiger partial charge on any atom is 0.218 e. The van der Waals surface area contributed by atoms with Gasteiger partial charge in [0.2, 0.25) is 5.88 Å². The van der Waals surface area contributed by atoms with Gasteiger partial charge < -0.3 is 10.1 Å². The van der Waals surface area contributed by atoms with Crippen LogP contribution in [0.15, 0.2) is 12.3 Å². The van der Waals surface area contributed by atoms with Gasteiger partial charge in [0.1, 0.15) is 0 Å². The van der Waals surface area contributed by atoms with E-state index in [2.05, 4.69) is 39.8 Å². The molecule has 1 aromatic heterocycles. The fourth-order valence-electron chi connectivity index (χ4n) is 1.18. The fraction of sp³-hybridized carbons (Fsp3) is 0.500. The van der Waals surface area contributed by atoms with E-state index < -0.39 is 0 Å². The smallest absolute Gasteiger partial charge is 0.218 e. The summed E-state index contributed by atoms with van der Waals surface area (Å²) in [5.74, 6) is 0.723. The molecule has 0 fully saturated rings. The molecular weight excluding hydrogens is 291 g/mol. The van der Waals surface area contributed by atoms with Crippen LogP contribution in [0.1, 0.15) is 18.9 Å². The number of hydrogen-bond acceptors (Lipinski definition) is 3. The lowest BCUT2D eigenvalue weighted by Crippen LogP contribution is -2.15. The molecule has 1 aromatic rings. The van der Waals surface area contributed by atoms with E-state index >= 15 is 0 Å². The van der Waals surface area contributed by atoms with E-state index in [1.54, 1.807) is 13.3 Å². The summed E-state index contributed by atoms with van der Waals surface area (Å²) in [6.07, 6.45) is 2.91. The van der Waals surface area contributed by atoms with Crippen molar-refractivity contribution < 1.29 is 4.74 Å². The van der Waals surface area contributed by atoms with Crippen LogP contribution in [0.4, 0.5) is 0 Å². The average molecular weight is 306 g/mol. The zero-order valence-electron chi connectivity index (χ0n) is 8.51. The van der Waals surface area contributed by atoms with Crippen molar-refractivity contribution in [2.75, 3.05) is 13.7 Å². The molecule has 0 radical (unpaired) electrons. The van der Waals surface area contributed by atoms with E-state index in [0.29, 0.717) is 0 Å². The molecule has 0 aliphatic carbocycles. The lowest BCUT2D eigenvalue weighted by molar-refractivity contribution is 0.390. The number of halogens is 1. The van der Waals surface area contributed by atoms with Crippen molar-refractivity contribution in [3.63, 3.8) is 0 Å². The van der Waals surface area contributed by atoms with Crippen LogP contribution in [-0.2, 0) is 6.54 Å². The second-order valence-corrected chi connectivity index (χ2v) is 4.12. The summed E-state index contributed by atoms with van der Waals surface area (Å²) in [4.78, 5) is 4.17. The van der Waals surface area contributed by atoms with Gasteiger partial charge in [-0.05, 0) is 41.6 Å². The van der Waals surface area contributed by atoms with Gasteiger partial charge in [-0.15, -0.1) is 0 Å². The van der Waals surface area contributed by atoms with Gasteiger partial charge in [0, 0.05) is 21.9 Å². The van der Waals surface area contributed by atoms with E-state index in [1.165, 1.54) is 3.57 Å². The highest BCUT2D eigenvalue weighted by molar-refractivity contribution is 14.1. The third-order valence-corrected chi connectivity index (χ3v) is 2.89. The number of nitrogens with zero attached hydrogens (tertiary/aromatic N) is 1. The van der Waals surface area contributed by atoms with Crippen LogP contribution >= 0.6 is 22.6 Å². The molecule has 0 atom stereocenters. The third-order valence-electron chi connectivity index (χ3n) is 1.88. The summed E-state index contributed by atoms with van der Waals surface area (Å²) in [5, 5.41) is 3.34. The summed E-state index contributed by atoms with van der Waals surface area (Å²) >= 11 is 2.30. The second kappa shape index (κ2) is 6.19. The Bertz CT molecular complexity index is 291. The number of ether oxygens (including phenoxy) is 1. The minimum atomic E-state index is 0.723. The third kappa shape index (κ3) is 3.09. The van der Waals surface area contributed by atoms with Crippen molar-refractivity contribution in [3.05, 3.63) is 21.4 Å². The Labute approximate surface area is 98.4 Å². The van der Waals surface area contributed by atoms with Crippen LogP contribution in [0.5, 0.6) is 5.88 Å². The molecule has 0 aliphatic heterocycles. The van der Waals surface area contributed by atoms with Crippen molar-refractivity contribution in [3.8, 4) is 5.88 Å². The SMILES string of the molecule is CCCNCc1c(I)ccnc1OC. The number of rotatable bonds is 5. The maximum absolute atomic E-state index is 5.20. The molecule has 0 bridgehead atoms. The summed E-state index contributed by atoms with van der Waals surface area (Å²) in [6.45, 7) is 4.00. The number of pyridine rings is 1. The lowest BCUT2D eigenvalue weighted by atomic mass is 10.2. The Morgan fingerprint density at radius 3 is 3.00 bits per heavy atom. The predicted molar refractivity (Wildman–Crippen MR) is 65.5 cm³/mol. The Morgan fingerprint density at radius 1 is 1.57 bits per heavy atom. The molecule has 0 unspecified atom stereocenters. The molecule has 0 amide bonds. The van der Waals surface area contributed by atoms with Gasteiger partial charge >= 0.3 is 0 Å². The Kier molecular flexibility index (Phi) is 5.17. The van der Waals surface area contributed by atoms with Crippen molar-refractivity contribution in [1.82, 2.24) is 10.3 Å². The van der Waals surface area contributed by atoms with Gasteiger partial charge in [0.05, 0.1) is 7.11 Å². The molecule has 1 rings (SSSR count). The van der Waals surface area contributed by atoms with Crippen LogP contribution in [0.25, 0.3) is 0 Å². The van der Waals surface area contributed by atoms with Gasteiger partial charge in [0.15, 0.2) is 0 Å². The largest absolute Gasteiger partial charge is 0.481 e. The first kappa shape index (κ1) is 11.7. The molecule has 3 nitrogen and oxygen atoms in total. The van der Waals surface area contributed by atoms with Gasteiger partial charge in [-0.1, -0.05) is 6.92 Å². The topological polar surface area (TPSA) is 34.2 Å². The molecule has 0 aliphatic rings. The van der Waals surface area contributed by atoms with Crippen molar-refractivity contribution in [2.24, 2.45) is 0 Å². The molecule has 78 valence electrons. The van der Waals surface area contributed by atoms with Gasteiger partial charge in [-0.3, -0.25) is 0 Å². The van der Waals surface area contributed by atoms with E-state index in [0.717, 1.165) is 31.0 Å². The first-order chi connectivity index (χ1) is 6.79. The number of hydrogen-bond donors (Lipinski definition) is 1. The van der Waals surface area contributed by atoms with Crippen LogP contribution in [0.2, 0.25) is 0 Å². The van der Waals surface area contributed by atoms with Crippen LogP contribution < -0.4 is 10.1 Å². The second-order valence-electron chi connectivity index (χ2n) is 2.96. The number of methoxy groups -OCH3 is 1. The van der Waals surface area contributed by atoms with Crippen molar-refractivity contribution in [2.45, 2.75) is 19.9 Å². The van der Waals surface area contributed by atoms with E-state index in [-0.39, 0.29) is 0 Å². The van der Waals surface area contributed by atoms with Crippen molar-refractivity contribution in [1.29, 1.82) is 0 Å². The Balaban J connectivity index is 2.72. The normalized spacial score (nSPS) is 10.2. The highest BCUT2D eigenvalue weighted by Crippen LogP contribution is 2.20. The highest BCUT2D eigenvalue weighted by atomic mass is 127. The minimum Gasteiger partial charge on any atom is -0.481 e. The first-order valence-electron chi connectivity index (χ1n) is 4.67. The molecule has 0 saturated carbocycles. The van der Waals surface area contributed by atoms with Crippen molar-refractivity contribution >= 4 is 22.6 Å². The van der Waals surface area contributed by atoms with Crippen LogP contribution in [0, 0.1) is 3.57 Å². The Morgan fingerprint density at radius 2 is 2.36 bits per heavy atom. The molecule has 0 spiro atoms. The predicted octanol–water partition coefficient (Wildman–Crippen LogP) is 2.19. The number of aromatic nitrogens is 1. The fourth-order valence-corrected chi connectivity index (χ4v) is 1.76. The maximum atomic E-state index is 5.20. The average Bonchev–Trinajstić information content (AvgIpc) is 2.20. The lowest BCUT2D eigenvalue weighted by Gasteiger charge is -2.09. The molecule has 0 saturated heterocycles. The van der Waals surface area contributed by atoms with E-state index in [4.69, 9.17) is 4.74 Å². The van der Waals surface area contributed by atoms with Gasteiger partial charge in [-0.25, -0.2) is 4.98 Å².